The van der Waals surface area contributed by atoms with Crippen LogP contribution in [0.4, 0.5) is 5.69 Å². The first-order valence-electron chi connectivity index (χ1n) is 9.09. The molecule has 1 amide bonds. The van der Waals surface area contributed by atoms with Crippen LogP contribution < -0.4 is 5.32 Å². The maximum atomic E-state index is 12.8. The van der Waals surface area contributed by atoms with Gasteiger partial charge in [0.2, 0.25) is 5.91 Å². The van der Waals surface area contributed by atoms with Crippen molar-refractivity contribution in [3.63, 3.8) is 0 Å². The molecule has 1 aliphatic rings. The van der Waals surface area contributed by atoms with Crippen molar-refractivity contribution in [2.24, 2.45) is 0 Å². The van der Waals surface area contributed by atoms with Crippen molar-refractivity contribution in [2.45, 2.75) is 13.5 Å². The monoisotopic (exact) mass is 417 g/mol. The Morgan fingerprint density at radius 3 is 2.34 bits per heavy atom. The zero-order valence-electron chi connectivity index (χ0n) is 16.3. The smallest absolute Gasteiger partial charge is 0.337 e. The number of amides is 1. The number of carbonyl (C=O) groups is 2. The maximum Gasteiger partial charge on any atom is 0.337 e. The number of nitrogens with zero attached hydrogens (tertiary/aromatic N) is 2. The summed E-state index contributed by atoms with van der Waals surface area (Å²) in [5.74, 6) is -0.920. The number of aryl methyl sites for hydroxylation is 1. The molecular weight excluding hydrogens is 394 g/mol. The van der Waals surface area contributed by atoms with E-state index in [2.05, 4.69) is 10.1 Å². The topological polar surface area (TPSA) is 96.0 Å². The largest absolute Gasteiger partial charge is 0.465 e. The van der Waals surface area contributed by atoms with Gasteiger partial charge in [-0.15, -0.1) is 0 Å². The van der Waals surface area contributed by atoms with Crippen molar-refractivity contribution >= 4 is 27.8 Å². The lowest BCUT2D eigenvalue weighted by Gasteiger charge is -2.19. The van der Waals surface area contributed by atoms with Gasteiger partial charge in [-0.1, -0.05) is 24.3 Å². The molecule has 0 atom stereocenters. The molecule has 9 heteroatoms. The molecule has 0 aliphatic carbocycles. The summed E-state index contributed by atoms with van der Waals surface area (Å²) in [5.41, 5.74) is 2.79. The number of hydrogen-bond acceptors (Lipinski definition) is 5. The second-order valence-corrected chi connectivity index (χ2v) is 8.65. The number of ether oxygens (including phenoxy) is 1. The summed E-state index contributed by atoms with van der Waals surface area (Å²) in [5, 5.41) is 2.65. The molecule has 1 N–H and O–H groups in total. The van der Waals surface area contributed by atoms with Crippen molar-refractivity contribution in [2.75, 3.05) is 32.1 Å². The molecule has 1 heterocycles. The van der Waals surface area contributed by atoms with E-state index in [0.717, 1.165) is 11.1 Å². The van der Waals surface area contributed by atoms with Gasteiger partial charge in [0.15, 0.2) is 0 Å². The normalized spacial score (nSPS) is 16.5. The lowest BCUT2D eigenvalue weighted by Crippen LogP contribution is -2.37. The third-order valence-corrected chi connectivity index (χ3v) is 6.70. The Morgan fingerprint density at radius 1 is 1.03 bits per heavy atom. The van der Waals surface area contributed by atoms with E-state index in [1.807, 2.05) is 31.2 Å². The van der Waals surface area contributed by atoms with Crippen LogP contribution in [0.25, 0.3) is 0 Å². The summed E-state index contributed by atoms with van der Waals surface area (Å²) in [4.78, 5) is 23.8. The van der Waals surface area contributed by atoms with Crippen LogP contribution in [0.5, 0.6) is 0 Å². The molecule has 0 spiro atoms. The van der Waals surface area contributed by atoms with E-state index in [1.165, 1.54) is 27.9 Å². The molecule has 8 nitrogen and oxygen atoms in total. The lowest BCUT2D eigenvalue weighted by molar-refractivity contribution is -0.116. The van der Waals surface area contributed by atoms with Crippen molar-refractivity contribution in [3.05, 3.63) is 65.2 Å². The highest BCUT2D eigenvalue weighted by Gasteiger charge is 2.37. The molecule has 0 saturated carbocycles. The molecule has 1 fully saturated rings. The van der Waals surface area contributed by atoms with Gasteiger partial charge < -0.3 is 10.1 Å². The molecule has 0 radical (unpaired) electrons. The number of esters is 1. The molecule has 3 rings (SSSR count). The number of carbonyl (C=O) groups excluding carboxylic acids is 2. The fourth-order valence-corrected chi connectivity index (χ4v) is 4.62. The third-order valence-electron chi connectivity index (χ3n) is 4.77. The van der Waals surface area contributed by atoms with E-state index < -0.39 is 22.1 Å². The Hall–Kier alpha value is -2.75. The van der Waals surface area contributed by atoms with Gasteiger partial charge in [-0.3, -0.25) is 4.79 Å². The average Bonchev–Trinajstić information content (AvgIpc) is 2.97. The molecule has 0 aromatic heterocycles. The Balaban J connectivity index is 1.61. The van der Waals surface area contributed by atoms with Gasteiger partial charge >= 0.3 is 5.97 Å². The molecule has 0 unspecified atom stereocenters. The quantitative estimate of drug-likeness (QED) is 0.723. The van der Waals surface area contributed by atoms with Crippen LogP contribution in [0.1, 0.15) is 21.5 Å². The van der Waals surface area contributed by atoms with E-state index in [9.17, 15) is 18.0 Å². The molecule has 29 heavy (non-hydrogen) atoms. The number of hydrogen-bond donors (Lipinski definition) is 1. The predicted molar refractivity (Wildman–Crippen MR) is 108 cm³/mol. The van der Waals surface area contributed by atoms with Gasteiger partial charge in [0, 0.05) is 25.3 Å². The lowest BCUT2D eigenvalue weighted by atomic mass is 10.1. The minimum atomic E-state index is -3.71. The average molecular weight is 417 g/mol. The molecular formula is C20H23N3O5S. The van der Waals surface area contributed by atoms with Crippen LogP contribution in [-0.2, 0) is 26.3 Å². The van der Waals surface area contributed by atoms with Gasteiger partial charge in [0.1, 0.15) is 0 Å². The predicted octanol–water partition coefficient (Wildman–Crippen LogP) is 1.78. The summed E-state index contributed by atoms with van der Waals surface area (Å²) in [6.07, 6.45) is 0. The van der Waals surface area contributed by atoms with Gasteiger partial charge in [-0.25, -0.2) is 4.79 Å². The Kier molecular flexibility index (Phi) is 6.31. The van der Waals surface area contributed by atoms with Crippen LogP contribution in [0.3, 0.4) is 0 Å². The summed E-state index contributed by atoms with van der Waals surface area (Å²) in [6, 6.07) is 13.8. The van der Waals surface area contributed by atoms with E-state index in [1.54, 1.807) is 12.1 Å². The Bertz CT molecular complexity index is 1010. The fourth-order valence-electron chi connectivity index (χ4n) is 3.08. The van der Waals surface area contributed by atoms with Gasteiger partial charge in [0.25, 0.3) is 10.2 Å². The second kappa shape index (κ2) is 8.73. The standard InChI is InChI=1S/C20H23N3O5S/c1-15-5-3-4-6-17(15)13-22-11-12-23(29(22,26)27)14-19(24)21-18-9-7-16(8-10-18)20(25)28-2/h3-10H,11-14H2,1-2H3,(H,21,24). The zero-order valence-corrected chi connectivity index (χ0v) is 17.1. The fraction of sp³-hybridized carbons (Fsp3) is 0.300. The first kappa shape index (κ1) is 21.0. The second-order valence-electron chi connectivity index (χ2n) is 6.72. The summed E-state index contributed by atoms with van der Waals surface area (Å²) >= 11 is 0. The highest BCUT2D eigenvalue weighted by molar-refractivity contribution is 7.87. The van der Waals surface area contributed by atoms with E-state index >= 15 is 0 Å². The van der Waals surface area contributed by atoms with E-state index in [-0.39, 0.29) is 19.6 Å². The summed E-state index contributed by atoms with van der Waals surface area (Å²) in [7, 11) is -2.42. The first-order chi connectivity index (χ1) is 13.8. The number of rotatable bonds is 6. The van der Waals surface area contributed by atoms with Crippen LogP contribution in [0, 0.1) is 6.92 Å². The number of nitrogens with one attached hydrogen (secondary N) is 1. The van der Waals surface area contributed by atoms with Crippen LogP contribution in [0.2, 0.25) is 0 Å². The number of methoxy groups -OCH3 is 1. The molecule has 0 bridgehead atoms. The van der Waals surface area contributed by atoms with E-state index in [0.29, 0.717) is 17.8 Å². The van der Waals surface area contributed by atoms with Crippen molar-refractivity contribution in [3.8, 4) is 0 Å². The highest BCUT2D eigenvalue weighted by atomic mass is 32.2. The van der Waals surface area contributed by atoms with Gasteiger partial charge in [-0.05, 0) is 42.3 Å². The first-order valence-corrected chi connectivity index (χ1v) is 10.5. The molecule has 2 aromatic rings. The summed E-state index contributed by atoms with van der Waals surface area (Å²) in [6.45, 7) is 2.53. The van der Waals surface area contributed by atoms with Crippen molar-refractivity contribution in [1.29, 1.82) is 0 Å². The Labute approximate surface area is 170 Å². The molecule has 1 aliphatic heterocycles. The van der Waals surface area contributed by atoms with E-state index in [4.69, 9.17) is 0 Å². The van der Waals surface area contributed by atoms with Gasteiger partial charge in [0.05, 0.1) is 19.2 Å². The minimum Gasteiger partial charge on any atom is -0.465 e. The summed E-state index contributed by atoms with van der Waals surface area (Å²) < 4.78 is 32.7. The molecule has 1 saturated heterocycles. The molecule has 154 valence electrons. The van der Waals surface area contributed by atoms with Gasteiger partial charge in [-0.2, -0.15) is 17.0 Å². The zero-order chi connectivity index (χ0) is 21.0. The number of anilines is 1. The third kappa shape index (κ3) is 4.81. The molecule has 2 aromatic carbocycles. The highest BCUT2D eigenvalue weighted by Crippen LogP contribution is 2.21. The van der Waals surface area contributed by atoms with Crippen LogP contribution >= 0.6 is 0 Å². The number of benzene rings is 2. The maximum absolute atomic E-state index is 12.8. The Morgan fingerprint density at radius 2 is 1.69 bits per heavy atom. The van der Waals surface area contributed by atoms with Crippen LogP contribution in [0.15, 0.2) is 48.5 Å². The minimum absolute atomic E-state index is 0.253. The SMILES string of the molecule is COC(=O)c1ccc(NC(=O)CN2CCN(Cc3ccccc3C)S2(=O)=O)cc1. The van der Waals surface area contributed by atoms with Crippen LogP contribution in [-0.4, -0.2) is 55.6 Å². The van der Waals surface area contributed by atoms with Crippen molar-refractivity contribution < 1.29 is 22.7 Å². The van der Waals surface area contributed by atoms with Crippen molar-refractivity contribution in [1.82, 2.24) is 8.61 Å².